The van der Waals surface area contributed by atoms with E-state index in [4.69, 9.17) is 0 Å². The summed E-state index contributed by atoms with van der Waals surface area (Å²) in [5.41, 5.74) is 5.50. The number of phenols is 2. The van der Waals surface area contributed by atoms with Crippen LogP contribution in [0.1, 0.15) is 29.2 Å². The van der Waals surface area contributed by atoms with Gasteiger partial charge in [0.15, 0.2) is 0 Å². The van der Waals surface area contributed by atoms with Crippen LogP contribution in [0.3, 0.4) is 0 Å². The maximum Gasteiger partial charge on any atom is 0.241 e. The van der Waals surface area contributed by atoms with E-state index in [1.165, 1.54) is 35.5 Å². The smallest absolute Gasteiger partial charge is 0.241 e. The number of nitrogens with one attached hydrogen (secondary N) is 1. The molecular formula is C27H30N4O3. The fourth-order valence-corrected chi connectivity index (χ4v) is 4.26. The average Bonchev–Trinajstić information content (AvgIpc) is 2.86. The van der Waals surface area contributed by atoms with E-state index in [1.54, 1.807) is 0 Å². The molecule has 0 saturated carbocycles. The molecule has 0 unspecified atom stereocenters. The number of carbonyl (C=O) groups is 1. The van der Waals surface area contributed by atoms with Crippen LogP contribution in [0.4, 0.5) is 0 Å². The molecule has 1 fully saturated rings. The zero-order valence-electron chi connectivity index (χ0n) is 19.0. The summed E-state index contributed by atoms with van der Waals surface area (Å²) in [6.07, 6.45) is 1.71. The Hall–Kier alpha value is -3.68. The highest BCUT2D eigenvalue weighted by Gasteiger charge is 2.26. The van der Waals surface area contributed by atoms with Crippen LogP contribution in [0.5, 0.6) is 11.5 Å². The van der Waals surface area contributed by atoms with Crippen molar-refractivity contribution in [2.75, 3.05) is 32.7 Å². The van der Waals surface area contributed by atoms with Gasteiger partial charge in [-0.3, -0.25) is 9.69 Å². The molecule has 3 aromatic carbocycles. The van der Waals surface area contributed by atoms with Gasteiger partial charge < -0.3 is 15.1 Å². The lowest BCUT2D eigenvalue weighted by Gasteiger charge is -2.39. The summed E-state index contributed by atoms with van der Waals surface area (Å²) in [6, 6.07) is 25.6. The second-order valence-corrected chi connectivity index (χ2v) is 8.39. The molecule has 7 nitrogen and oxygen atoms in total. The van der Waals surface area contributed by atoms with E-state index >= 15 is 0 Å². The average molecular weight is 459 g/mol. The summed E-state index contributed by atoms with van der Waals surface area (Å²) in [6.45, 7) is 4.31. The first kappa shape index (κ1) is 23.5. The first-order valence-electron chi connectivity index (χ1n) is 11.5. The van der Waals surface area contributed by atoms with Gasteiger partial charge in [-0.05, 0) is 23.3 Å². The van der Waals surface area contributed by atoms with Gasteiger partial charge in [0, 0.05) is 50.8 Å². The predicted octanol–water partition coefficient (Wildman–Crippen LogP) is 3.35. The molecule has 0 atom stereocenters. The minimum absolute atomic E-state index is 0.0300. The van der Waals surface area contributed by atoms with Crippen LogP contribution in [-0.2, 0) is 4.79 Å². The Balaban J connectivity index is 1.27. The Bertz CT molecular complexity index is 1060. The van der Waals surface area contributed by atoms with Gasteiger partial charge in [0.25, 0.3) is 0 Å². The molecule has 0 aliphatic carbocycles. The van der Waals surface area contributed by atoms with Crippen molar-refractivity contribution in [1.82, 2.24) is 15.2 Å². The molecular weight excluding hydrogens is 428 g/mol. The third-order valence-corrected chi connectivity index (χ3v) is 6.06. The Labute approximate surface area is 200 Å². The lowest BCUT2D eigenvalue weighted by atomic mass is 9.96. The molecule has 7 heteroatoms. The molecule has 0 aromatic heterocycles. The standard InChI is InChI=1S/C27H30N4O3/c32-24-12-11-23(25(33)19-24)20-28-29-26(34)13-14-30-15-17-31(18-16-30)27(21-7-3-1-4-8-21)22-9-5-2-6-10-22/h1-12,19-20,27,32-33H,13-18H2,(H,29,34)/b28-20-. The van der Waals surface area contributed by atoms with Gasteiger partial charge in [-0.25, -0.2) is 5.43 Å². The molecule has 1 saturated heterocycles. The van der Waals surface area contributed by atoms with Crippen molar-refractivity contribution < 1.29 is 15.0 Å². The largest absolute Gasteiger partial charge is 0.508 e. The SMILES string of the molecule is O=C(CCN1CCN(C(c2ccccc2)c2ccccc2)CC1)N/N=C\c1ccc(O)cc1O. The van der Waals surface area contributed by atoms with Gasteiger partial charge in [-0.1, -0.05) is 60.7 Å². The van der Waals surface area contributed by atoms with Crippen LogP contribution in [0.2, 0.25) is 0 Å². The lowest BCUT2D eigenvalue weighted by molar-refractivity contribution is -0.121. The molecule has 1 aliphatic rings. The van der Waals surface area contributed by atoms with E-state index in [-0.39, 0.29) is 23.4 Å². The Morgan fingerprint density at radius 2 is 1.53 bits per heavy atom. The fourth-order valence-electron chi connectivity index (χ4n) is 4.26. The molecule has 3 N–H and O–H groups in total. The Kier molecular flexibility index (Phi) is 7.91. The predicted molar refractivity (Wildman–Crippen MR) is 133 cm³/mol. The van der Waals surface area contributed by atoms with Gasteiger partial charge >= 0.3 is 0 Å². The highest BCUT2D eigenvalue weighted by Crippen LogP contribution is 2.29. The van der Waals surface area contributed by atoms with E-state index in [9.17, 15) is 15.0 Å². The molecule has 3 aromatic rings. The van der Waals surface area contributed by atoms with Crippen molar-refractivity contribution >= 4 is 12.1 Å². The van der Waals surface area contributed by atoms with Crippen LogP contribution in [0.25, 0.3) is 0 Å². The third-order valence-electron chi connectivity index (χ3n) is 6.06. The minimum atomic E-state index is -0.177. The Morgan fingerprint density at radius 3 is 2.12 bits per heavy atom. The second kappa shape index (κ2) is 11.4. The molecule has 34 heavy (non-hydrogen) atoms. The number of benzene rings is 3. The van der Waals surface area contributed by atoms with Crippen molar-refractivity contribution in [3.8, 4) is 11.5 Å². The number of hydrogen-bond acceptors (Lipinski definition) is 6. The molecule has 1 amide bonds. The van der Waals surface area contributed by atoms with Crippen LogP contribution in [0.15, 0.2) is 84.0 Å². The number of rotatable bonds is 8. The quantitative estimate of drug-likeness (QED) is 0.356. The van der Waals surface area contributed by atoms with E-state index in [2.05, 4.69) is 68.9 Å². The second-order valence-electron chi connectivity index (χ2n) is 8.39. The fraction of sp³-hybridized carbons (Fsp3) is 0.259. The maximum absolute atomic E-state index is 12.2. The summed E-state index contributed by atoms with van der Waals surface area (Å²) in [5.74, 6) is -0.304. The number of nitrogens with zero attached hydrogens (tertiary/aromatic N) is 3. The number of phenolic OH excluding ortho intramolecular Hbond substituents is 2. The molecule has 0 spiro atoms. The number of piperazine rings is 1. The van der Waals surface area contributed by atoms with Crippen molar-refractivity contribution in [2.24, 2.45) is 5.10 Å². The molecule has 1 aliphatic heterocycles. The van der Waals surface area contributed by atoms with E-state index in [1.807, 2.05) is 12.1 Å². The lowest BCUT2D eigenvalue weighted by Crippen LogP contribution is -2.48. The zero-order valence-corrected chi connectivity index (χ0v) is 19.0. The number of hydrazone groups is 1. The molecule has 4 rings (SSSR count). The van der Waals surface area contributed by atoms with Crippen molar-refractivity contribution in [3.63, 3.8) is 0 Å². The summed E-state index contributed by atoms with van der Waals surface area (Å²) in [5, 5.41) is 23.0. The van der Waals surface area contributed by atoms with Gasteiger partial charge in [0.05, 0.1) is 12.3 Å². The molecule has 176 valence electrons. The topological polar surface area (TPSA) is 88.4 Å². The summed E-state index contributed by atoms with van der Waals surface area (Å²) in [7, 11) is 0. The summed E-state index contributed by atoms with van der Waals surface area (Å²) < 4.78 is 0. The van der Waals surface area contributed by atoms with Crippen molar-refractivity contribution in [1.29, 1.82) is 0 Å². The summed E-state index contributed by atoms with van der Waals surface area (Å²) in [4.78, 5) is 17.0. The molecule has 1 heterocycles. The van der Waals surface area contributed by atoms with Gasteiger partial charge in [0.2, 0.25) is 5.91 Å². The number of hydrogen-bond donors (Lipinski definition) is 3. The van der Waals surface area contributed by atoms with E-state index in [0.717, 1.165) is 26.2 Å². The van der Waals surface area contributed by atoms with Crippen LogP contribution in [0, 0.1) is 0 Å². The number of carbonyl (C=O) groups excluding carboxylic acids is 1. The van der Waals surface area contributed by atoms with Crippen LogP contribution in [-0.4, -0.2) is 64.9 Å². The summed E-state index contributed by atoms with van der Waals surface area (Å²) >= 11 is 0. The van der Waals surface area contributed by atoms with E-state index in [0.29, 0.717) is 18.5 Å². The third kappa shape index (κ3) is 6.21. The van der Waals surface area contributed by atoms with Crippen LogP contribution >= 0.6 is 0 Å². The van der Waals surface area contributed by atoms with Crippen molar-refractivity contribution in [3.05, 3.63) is 95.6 Å². The Morgan fingerprint density at radius 1 is 0.912 bits per heavy atom. The minimum Gasteiger partial charge on any atom is -0.508 e. The van der Waals surface area contributed by atoms with Crippen LogP contribution < -0.4 is 5.43 Å². The normalized spacial score (nSPS) is 15.1. The monoisotopic (exact) mass is 458 g/mol. The number of amides is 1. The maximum atomic E-state index is 12.2. The first-order valence-corrected chi connectivity index (χ1v) is 11.5. The zero-order chi connectivity index (χ0) is 23.8. The molecule has 0 bridgehead atoms. The van der Waals surface area contributed by atoms with Gasteiger partial charge in [-0.2, -0.15) is 5.10 Å². The van der Waals surface area contributed by atoms with E-state index < -0.39 is 0 Å². The molecule has 0 radical (unpaired) electrons. The van der Waals surface area contributed by atoms with Crippen molar-refractivity contribution in [2.45, 2.75) is 12.5 Å². The van der Waals surface area contributed by atoms with Gasteiger partial charge in [0.1, 0.15) is 11.5 Å². The highest BCUT2D eigenvalue weighted by molar-refractivity contribution is 5.85. The first-order chi connectivity index (χ1) is 16.6. The number of aromatic hydroxyl groups is 2. The van der Waals surface area contributed by atoms with Gasteiger partial charge in [-0.15, -0.1) is 0 Å². The highest BCUT2D eigenvalue weighted by atomic mass is 16.3.